The molecule has 146 valence electrons. The van der Waals surface area contributed by atoms with Crippen LogP contribution in [0.2, 0.25) is 5.02 Å². The van der Waals surface area contributed by atoms with Gasteiger partial charge in [0, 0.05) is 24.2 Å². The molecule has 0 radical (unpaired) electrons. The second-order valence-electron chi connectivity index (χ2n) is 6.86. The van der Waals surface area contributed by atoms with E-state index in [1.807, 2.05) is 32.0 Å². The summed E-state index contributed by atoms with van der Waals surface area (Å²) >= 11 is 6.15. The summed E-state index contributed by atoms with van der Waals surface area (Å²) in [5, 5.41) is 11.6. The van der Waals surface area contributed by atoms with Gasteiger partial charge in [0.2, 0.25) is 0 Å². The van der Waals surface area contributed by atoms with Gasteiger partial charge in [0.25, 0.3) is 11.7 Å². The van der Waals surface area contributed by atoms with Gasteiger partial charge in [-0.1, -0.05) is 41.4 Å². The molecule has 1 saturated heterocycles. The summed E-state index contributed by atoms with van der Waals surface area (Å²) in [5.74, 6) is -1.54. The number of aliphatic hydroxyl groups excluding tert-OH is 1. The molecule has 1 unspecified atom stereocenters. The summed E-state index contributed by atoms with van der Waals surface area (Å²) in [5.41, 5.74) is 3.03. The summed E-state index contributed by atoms with van der Waals surface area (Å²) in [6.07, 6.45) is 0. The van der Waals surface area contributed by atoms with Gasteiger partial charge in [0.05, 0.1) is 18.2 Å². The minimum atomic E-state index is -0.728. The first kappa shape index (κ1) is 20.1. The van der Waals surface area contributed by atoms with Crippen LogP contribution in [0, 0.1) is 13.8 Å². The van der Waals surface area contributed by atoms with E-state index in [9.17, 15) is 14.7 Å². The predicted octanol–water partition coefficient (Wildman–Crippen LogP) is 4.02. The average molecular weight is 400 g/mol. The van der Waals surface area contributed by atoms with E-state index in [-0.39, 0.29) is 24.5 Å². The van der Waals surface area contributed by atoms with Gasteiger partial charge in [-0.05, 0) is 43.2 Å². The maximum absolute atomic E-state index is 12.9. The Morgan fingerprint density at radius 1 is 1.18 bits per heavy atom. The van der Waals surface area contributed by atoms with Crippen molar-refractivity contribution in [2.24, 2.45) is 0 Å². The highest BCUT2D eigenvalue weighted by Gasteiger charge is 2.46. The molecular formula is C22H22ClNO4. The average Bonchev–Trinajstić information content (AvgIpc) is 2.92. The predicted molar refractivity (Wildman–Crippen MR) is 108 cm³/mol. The number of likely N-dealkylation sites (tertiary alicyclic amines) is 1. The molecule has 2 aromatic rings. The normalized spacial score (nSPS) is 18.7. The molecule has 6 heteroatoms. The Balaban J connectivity index is 2.22. The van der Waals surface area contributed by atoms with Crippen LogP contribution >= 0.6 is 11.6 Å². The van der Waals surface area contributed by atoms with Crippen molar-refractivity contribution in [3.05, 3.63) is 75.3 Å². The van der Waals surface area contributed by atoms with Gasteiger partial charge in [0.15, 0.2) is 0 Å². The minimum Gasteiger partial charge on any atom is -0.507 e. The molecule has 1 atom stereocenters. The molecule has 1 N–H and O–H groups in total. The van der Waals surface area contributed by atoms with Gasteiger partial charge in [-0.25, -0.2) is 0 Å². The highest BCUT2D eigenvalue weighted by atomic mass is 35.5. The maximum atomic E-state index is 12.9. The Morgan fingerprint density at radius 2 is 1.93 bits per heavy atom. The van der Waals surface area contributed by atoms with E-state index in [2.05, 4.69) is 0 Å². The highest BCUT2D eigenvalue weighted by molar-refractivity contribution is 6.46. The first-order valence-electron chi connectivity index (χ1n) is 8.95. The molecule has 2 aromatic carbocycles. The second-order valence-corrected chi connectivity index (χ2v) is 7.30. The van der Waals surface area contributed by atoms with Gasteiger partial charge in [-0.15, -0.1) is 0 Å². The monoisotopic (exact) mass is 399 g/mol. The summed E-state index contributed by atoms with van der Waals surface area (Å²) in [7, 11) is 1.53. The Kier molecular flexibility index (Phi) is 5.87. The lowest BCUT2D eigenvalue weighted by atomic mass is 9.93. The minimum absolute atomic E-state index is 0.0667. The standard InChI is InChI=1S/C22H22ClNO4/c1-13-7-8-14(2)17(11-13)20(25)18-19(15-5-4-6-16(23)12-15)24(9-10-28-3)22(27)21(18)26/h4-8,11-12,19,25H,9-10H2,1-3H3/b20-18+. The molecule has 1 aliphatic heterocycles. The fourth-order valence-electron chi connectivity index (χ4n) is 3.46. The smallest absolute Gasteiger partial charge is 0.295 e. The van der Waals surface area contributed by atoms with Crippen molar-refractivity contribution >= 4 is 29.1 Å². The molecule has 3 rings (SSSR count). The van der Waals surface area contributed by atoms with Crippen LogP contribution < -0.4 is 0 Å². The molecule has 28 heavy (non-hydrogen) atoms. The molecule has 5 nitrogen and oxygen atoms in total. The molecule has 0 saturated carbocycles. The van der Waals surface area contributed by atoms with Crippen molar-refractivity contribution in [1.29, 1.82) is 0 Å². The van der Waals surface area contributed by atoms with E-state index in [4.69, 9.17) is 16.3 Å². The summed E-state index contributed by atoms with van der Waals surface area (Å²) < 4.78 is 5.10. The first-order valence-corrected chi connectivity index (χ1v) is 9.33. The van der Waals surface area contributed by atoms with Crippen LogP contribution in [0.5, 0.6) is 0 Å². The SMILES string of the molecule is COCCN1C(=O)C(=O)/C(=C(/O)c2cc(C)ccc2C)C1c1cccc(Cl)c1. The number of rotatable bonds is 5. The van der Waals surface area contributed by atoms with E-state index in [1.165, 1.54) is 12.0 Å². The highest BCUT2D eigenvalue weighted by Crippen LogP contribution is 2.40. The molecule has 0 spiro atoms. The molecule has 0 aliphatic carbocycles. The number of methoxy groups -OCH3 is 1. The summed E-state index contributed by atoms with van der Waals surface area (Å²) in [4.78, 5) is 27.0. The molecule has 1 amide bonds. The zero-order valence-corrected chi connectivity index (χ0v) is 16.8. The number of hydrogen-bond acceptors (Lipinski definition) is 4. The first-order chi connectivity index (χ1) is 13.3. The molecule has 1 fully saturated rings. The van der Waals surface area contributed by atoms with Gasteiger partial charge < -0.3 is 14.7 Å². The van der Waals surface area contributed by atoms with Crippen LogP contribution in [0.1, 0.15) is 28.3 Å². The second kappa shape index (κ2) is 8.17. The zero-order chi connectivity index (χ0) is 20.4. The van der Waals surface area contributed by atoms with E-state index in [1.54, 1.807) is 24.3 Å². The number of amides is 1. The van der Waals surface area contributed by atoms with Crippen molar-refractivity contribution in [2.45, 2.75) is 19.9 Å². The van der Waals surface area contributed by atoms with E-state index in [0.29, 0.717) is 16.1 Å². The quantitative estimate of drug-likeness (QED) is 0.468. The van der Waals surface area contributed by atoms with Crippen molar-refractivity contribution in [1.82, 2.24) is 4.90 Å². The van der Waals surface area contributed by atoms with Crippen molar-refractivity contribution < 1.29 is 19.4 Å². The molecule has 1 aliphatic rings. The van der Waals surface area contributed by atoms with Crippen LogP contribution in [0.3, 0.4) is 0 Å². The number of benzene rings is 2. The number of halogens is 1. The topological polar surface area (TPSA) is 66.8 Å². The van der Waals surface area contributed by atoms with E-state index in [0.717, 1.165) is 11.1 Å². The van der Waals surface area contributed by atoms with Crippen molar-refractivity contribution in [2.75, 3.05) is 20.3 Å². The Morgan fingerprint density at radius 3 is 2.61 bits per heavy atom. The number of aliphatic hydroxyl groups is 1. The number of hydrogen-bond donors (Lipinski definition) is 1. The van der Waals surface area contributed by atoms with E-state index < -0.39 is 17.7 Å². The molecule has 0 bridgehead atoms. The lowest BCUT2D eigenvalue weighted by molar-refractivity contribution is -0.140. The number of ketones is 1. The summed E-state index contributed by atoms with van der Waals surface area (Å²) in [6.45, 7) is 4.25. The largest absolute Gasteiger partial charge is 0.507 e. The number of Topliss-reactive ketones (excluding diaryl/α,β-unsaturated/α-hetero) is 1. The molecule has 1 heterocycles. The maximum Gasteiger partial charge on any atom is 0.295 e. The van der Waals surface area contributed by atoms with Gasteiger partial charge >= 0.3 is 0 Å². The van der Waals surface area contributed by atoms with Gasteiger partial charge in [-0.2, -0.15) is 0 Å². The lowest BCUT2D eigenvalue weighted by Gasteiger charge is -2.25. The number of ether oxygens (including phenoxy) is 1. The van der Waals surface area contributed by atoms with Crippen LogP contribution in [-0.2, 0) is 14.3 Å². The number of carbonyl (C=O) groups is 2. The zero-order valence-electron chi connectivity index (χ0n) is 16.0. The lowest BCUT2D eigenvalue weighted by Crippen LogP contribution is -2.32. The van der Waals surface area contributed by atoms with Gasteiger partial charge in [-0.3, -0.25) is 9.59 Å². The third-order valence-corrected chi connectivity index (χ3v) is 5.12. The number of nitrogens with zero attached hydrogens (tertiary/aromatic N) is 1. The fourth-order valence-corrected chi connectivity index (χ4v) is 3.66. The third kappa shape index (κ3) is 3.68. The Bertz CT molecular complexity index is 967. The van der Waals surface area contributed by atoms with Crippen molar-refractivity contribution in [3.8, 4) is 0 Å². The van der Waals surface area contributed by atoms with Crippen LogP contribution in [0.25, 0.3) is 5.76 Å². The molecular weight excluding hydrogens is 378 g/mol. The Labute approximate surface area is 169 Å². The summed E-state index contributed by atoms with van der Waals surface area (Å²) in [6, 6.07) is 11.9. The fraction of sp³-hybridized carbons (Fsp3) is 0.273. The van der Waals surface area contributed by atoms with Gasteiger partial charge in [0.1, 0.15) is 5.76 Å². The van der Waals surface area contributed by atoms with Crippen LogP contribution in [-0.4, -0.2) is 42.0 Å². The number of aryl methyl sites for hydroxylation is 2. The third-order valence-electron chi connectivity index (χ3n) is 4.89. The Hall–Kier alpha value is -2.63. The van der Waals surface area contributed by atoms with Crippen molar-refractivity contribution in [3.63, 3.8) is 0 Å². The van der Waals surface area contributed by atoms with Crippen LogP contribution in [0.15, 0.2) is 48.0 Å². The van der Waals surface area contributed by atoms with E-state index >= 15 is 0 Å². The molecule has 0 aromatic heterocycles. The number of carbonyl (C=O) groups excluding carboxylic acids is 2. The van der Waals surface area contributed by atoms with Crippen LogP contribution in [0.4, 0.5) is 0 Å².